The van der Waals surface area contributed by atoms with Crippen molar-refractivity contribution < 1.29 is 12.8 Å². The van der Waals surface area contributed by atoms with Gasteiger partial charge in [0.2, 0.25) is 10.0 Å². The Morgan fingerprint density at radius 3 is 2.50 bits per heavy atom. The largest absolute Gasteiger partial charge is 0.280 e. The van der Waals surface area contributed by atoms with Crippen molar-refractivity contribution in [3.05, 3.63) is 58.6 Å². The summed E-state index contributed by atoms with van der Waals surface area (Å²) in [6, 6.07) is 6.93. The van der Waals surface area contributed by atoms with Crippen LogP contribution in [-0.2, 0) is 15.8 Å². The van der Waals surface area contributed by atoms with Crippen LogP contribution in [0.5, 0.6) is 0 Å². The summed E-state index contributed by atoms with van der Waals surface area (Å²) in [5, 5.41) is 0.0904. The second-order valence-electron chi connectivity index (χ2n) is 4.28. The van der Waals surface area contributed by atoms with Gasteiger partial charge < -0.3 is 0 Å². The number of rotatable bonds is 4. The van der Waals surface area contributed by atoms with E-state index >= 15 is 0 Å². The number of pyridine rings is 1. The maximum atomic E-state index is 12.8. The Morgan fingerprint density at radius 2 is 1.90 bits per heavy atom. The SMILES string of the molecule is Cc1ccnc(Cl)c1NS(=O)(=O)Cc1ccc(F)cc1. The second-order valence-corrected chi connectivity index (χ2v) is 6.36. The van der Waals surface area contributed by atoms with Crippen LogP contribution in [0.2, 0.25) is 5.15 Å². The summed E-state index contributed by atoms with van der Waals surface area (Å²) in [4.78, 5) is 3.83. The van der Waals surface area contributed by atoms with Crippen molar-refractivity contribution in [3.63, 3.8) is 0 Å². The normalized spacial score (nSPS) is 11.3. The molecular weight excluding hydrogens is 303 g/mol. The second kappa shape index (κ2) is 5.76. The Bertz CT molecular complexity index is 697. The molecule has 1 N–H and O–H groups in total. The van der Waals surface area contributed by atoms with Crippen molar-refractivity contribution in [3.8, 4) is 0 Å². The van der Waals surface area contributed by atoms with E-state index in [1.807, 2.05) is 0 Å². The Morgan fingerprint density at radius 1 is 1.25 bits per heavy atom. The first-order valence-corrected chi connectivity index (χ1v) is 7.76. The zero-order valence-electron chi connectivity index (χ0n) is 10.6. The summed E-state index contributed by atoms with van der Waals surface area (Å²) in [6.45, 7) is 1.73. The molecule has 1 aromatic carbocycles. The number of aromatic nitrogens is 1. The summed E-state index contributed by atoms with van der Waals surface area (Å²) in [5.74, 6) is -0.678. The Kier molecular flexibility index (Phi) is 4.25. The van der Waals surface area contributed by atoms with Crippen LogP contribution in [-0.4, -0.2) is 13.4 Å². The van der Waals surface area contributed by atoms with Crippen LogP contribution in [0.1, 0.15) is 11.1 Å². The predicted octanol–water partition coefficient (Wildman–Crippen LogP) is 3.12. The van der Waals surface area contributed by atoms with Gasteiger partial charge in [-0.1, -0.05) is 23.7 Å². The van der Waals surface area contributed by atoms with Crippen LogP contribution in [0.15, 0.2) is 36.5 Å². The quantitative estimate of drug-likeness (QED) is 0.882. The van der Waals surface area contributed by atoms with E-state index in [0.29, 0.717) is 11.1 Å². The molecule has 4 nitrogen and oxygen atoms in total. The highest BCUT2D eigenvalue weighted by atomic mass is 35.5. The Labute approximate surface area is 121 Å². The molecule has 0 fully saturated rings. The molecule has 106 valence electrons. The first-order chi connectivity index (χ1) is 9.37. The molecule has 0 unspecified atom stereocenters. The third-order valence-electron chi connectivity index (χ3n) is 2.64. The van der Waals surface area contributed by atoms with Gasteiger partial charge in [0.05, 0.1) is 11.4 Å². The van der Waals surface area contributed by atoms with E-state index in [0.717, 1.165) is 0 Å². The zero-order chi connectivity index (χ0) is 14.8. The molecule has 0 aliphatic carbocycles. The monoisotopic (exact) mass is 314 g/mol. The molecule has 0 atom stereocenters. The van der Waals surface area contributed by atoms with Gasteiger partial charge in [0.15, 0.2) is 5.15 Å². The highest BCUT2D eigenvalue weighted by Crippen LogP contribution is 2.24. The molecule has 0 saturated carbocycles. The summed E-state index contributed by atoms with van der Waals surface area (Å²) in [6.07, 6.45) is 1.50. The minimum absolute atomic E-state index is 0.0904. The lowest BCUT2D eigenvalue weighted by atomic mass is 10.2. The maximum Gasteiger partial charge on any atom is 0.237 e. The topological polar surface area (TPSA) is 59.1 Å². The van der Waals surface area contributed by atoms with E-state index in [-0.39, 0.29) is 16.6 Å². The number of halogens is 2. The van der Waals surface area contributed by atoms with Gasteiger partial charge in [-0.25, -0.2) is 17.8 Å². The smallest absolute Gasteiger partial charge is 0.237 e. The average Bonchev–Trinajstić information content (AvgIpc) is 2.37. The first-order valence-electron chi connectivity index (χ1n) is 5.73. The van der Waals surface area contributed by atoms with Gasteiger partial charge in [-0.3, -0.25) is 4.72 Å². The predicted molar refractivity (Wildman–Crippen MR) is 76.6 cm³/mol. The van der Waals surface area contributed by atoms with Gasteiger partial charge in [-0.05, 0) is 36.2 Å². The molecule has 0 saturated heterocycles. The number of sulfonamides is 1. The number of hydrogen-bond donors (Lipinski definition) is 1. The number of hydrogen-bond acceptors (Lipinski definition) is 3. The molecule has 7 heteroatoms. The maximum absolute atomic E-state index is 12.8. The van der Waals surface area contributed by atoms with E-state index in [9.17, 15) is 12.8 Å². The van der Waals surface area contributed by atoms with Gasteiger partial charge in [0.25, 0.3) is 0 Å². The summed E-state index contributed by atoms with van der Waals surface area (Å²) in [7, 11) is -3.64. The lowest BCUT2D eigenvalue weighted by Crippen LogP contribution is -2.16. The number of nitrogens with one attached hydrogen (secondary N) is 1. The van der Waals surface area contributed by atoms with E-state index < -0.39 is 15.8 Å². The zero-order valence-corrected chi connectivity index (χ0v) is 12.2. The lowest BCUT2D eigenvalue weighted by Gasteiger charge is -2.11. The molecule has 0 radical (unpaired) electrons. The minimum Gasteiger partial charge on any atom is -0.280 e. The van der Waals surface area contributed by atoms with E-state index in [1.54, 1.807) is 13.0 Å². The molecule has 0 aliphatic heterocycles. The van der Waals surface area contributed by atoms with E-state index in [1.165, 1.54) is 30.5 Å². The fourth-order valence-electron chi connectivity index (χ4n) is 1.64. The summed E-state index contributed by atoms with van der Waals surface area (Å²) >= 11 is 5.87. The first kappa shape index (κ1) is 14.7. The fourth-order valence-corrected chi connectivity index (χ4v) is 3.22. The van der Waals surface area contributed by atoms with Crippen molar-refractivity contribution >= 4 is 27.3 Å². The molecule has 2 rings (SSSR count). The molecule has 0 bridgehead atoms. The molecule has 20 heavy (non-hydrogen) atoms. The number of aryl methyl sites for hydroxylation is 1. The molecule has 0 aliphatic rings. The third kappa shape index (κ3) is 3.68. The Hall–Kier alpha value is -1.66. The standard InChI is InChI=1S/C13H12ClFN2O2S/c1-9-6-7-16-13(14)12(9)17-20(18,19)8-10-2-4-11(15)5-3-10/h2-7,17H,8H2,1H3. The van der Waals surface area contributed by atoms with Gasteiger partial charge in [0, 0.05) is 6.20 Å². The molecule has 2 aromatic rings. The molecule has 1 heterocycles. The van der Waals surface area contributed by atoms with Crippen LogP contribution >= 0.6 is 11.6 Å². The van der Waals surface area contributed by atoms with Crippen molar-refractivity contribution in [1.29, 1.82) is 0 Å². The highest BCUT2D eigenvalue weighted by molar-refractivity contribution is 7.91. The van der Waals surface area contributed by atoms with Crippen molar-refractivity contribution in [2.24, 2.45) is 0 Å². The summed E-state index contributed by atoms with van der Waals surface area (Å²) in [5.41, 5.74) is 1.42. The molecule has 0 spiro atoms. The van der Waals surface area contributed by atoms with Gasteiger partial charge in [-0.15, -0.1) is 0 Å². The number of nitrogens with zero attached hydrogens (tertiary/aromatic N) is 1. The van der Waals surface area contributed by atoms with Gasteiger partial charge >= 0.3 is 0 Å². The van der Waals surface area contributed by atoms with Crippen molar-refractivity contribution in [2.75, 3.05) is 4.72 Å². The van der Waals surface area contributed by atoms with Crippen LogP contribution in [0.25, 0.3) is 0 Å². The Balaban J connectivity index is 2.21. The highest BCUT2D eigenvalue weighted by Gasteiger charge is 2.15. The van der Waals surface area contributed by atoms with Crippen LogP contribution in [0.4, 0.5) is 10.1 Å². The van der Waals surface area contributed by atoms with Crippen molar-refractivity contribution in [1.82, 2.24) is 4.98 Å². The van der Waals surface area contributed by atoms with Crippen molar-refractivity contribution in [2.45, 2.75) is 12.7 Å². The van der Waals surface area contributed by atoms with E-state index in [2.05, 4.69) is 9.71 Å². The van der Waals surface area contributed by atoms with E-state index in [4.69, 9.17) is 11.6 Å². The van der Waals surface area contributed by atoms with Crippen LogP contribution < -0.4 is 4.72 Å². The number of anilines is 1. The average molecular weight is 315 g/mol. The lowest BCUT2D eigenvalue weighted by molar-refractivity contribution is 0.600. The fraction of sp³-hybridized carbons (Fsp3) is 0.154. The van der Waals surface area contributed by atoms with Crippen LogP contribution in [0.3, 0.4) is 0 Å². The van der Waals surface area contributed by atoms with Gasteiger partial charge in [0.1, 0.15) is 5.82 Å². The third-order valence-corrected chi connectivity index (χ3v) is 4.16. The molecular formula is C13H12ClFN2O2S. The molecule has 1 aromatic heterocycles. The minimum atomic E-state index is -3.64. The van der Waals surface area contributed by atoms with Gasteiger partial charge in [-0.2, -0.15) is 0 Å². The molecule has 0 amide bonds. The van der Waals surface area contributed by atoms with Crippen LogP contribution in [0, 0.1) is 12.7 Å². The number of benzene rings is 1. The summed E-state index contributed by atoms with van der Waals surface area (Å²) < 4.78 is 39.3.